The highest BCUT2D eigenvalue weighted by Gasteiger charge is 2.19. The number of furan rings is 1. The second-order valence-corrected chi connectivity index (χ2v) is 6.72. The molecule has 0 radical (unpaired) electrons. The summed E-state index contributed by atoms with van der Waals surface area (Å²) in [6, 6.07) is 11.7. The third-order valence-corrected chi connectivity index (χ3v) is 4.48. The number of nitrogens with one attached hydrogen (secondary N) is 1. The maximum atomic E-state index is 12.2. The number of benzene rings is 1. The van der Waals surface area contributed by atoms with Crippen molar-refractivity contribution in [1.82, 2.24) is 5.32 Å². The Bertz CT molecular complexity index is 694. The number of hydrogen-bond donors (Lipinski definition) is 1. The summed E-state index contributed by atoms with van der Waals surface area (Å²) < 4.78 is 22.0. The first-order valence-corrected chi connectivity index (χ1v) is 9.39. The van der Waals surface area contributed by atoms with Crippen molar-refractivity contribution in [3.05, 3.63) is 59.5 Å². The zero-order chi connectivity index (χ0) is 18.9. The summed E-state index contributed by atoms with van der Waals surface area (Å²) in [6.07, 6.45) is 3.33. The van der Waals surface area contributed by atoms with Gasteiger partial charge in [0.2, 0.25) is 5.91 Å². The molecule has 1 amide bonds. The molecule has 6 heteroatoms. The van der Waals surface area contributed by atoms with Crippen molar-refractivity contribution in [2.45, 2.75) is 51.7 Å². The van der Waals surface area contributed by atoms with Crippen LogP contribution in [0.4, 0.5) is 0 Å². The van der Waals surface area contributed by atoms with Crippen LogP contribution in [0.5, 0.6) is 0 Å². The SMILES string of the molecule is CC(OCC1CCCO1)C(=O)NCc1cccc(COCc2ccco2)c1. The lowest BCUT2D eigenvalue weighted by Gasteiger charge is -2.16. The molecule has 1 aliphatic heterocycles. The fourth-order valence-corrected chi connectivity index (χ4v) is 2.93. The van der Waals surface area contributed by atoms with Crippen LogP contribution >= 0.6 is 0 Å². The minimum Gasteiger partial charge on any atom is -0.467 e. The molecule has 0 bridgehead atoms. The molecule has 146 valence electrons. The van der Waals surface area contributed by atoms with Gasteiger partial charge >= 0.3 is 0 Å². The van der Waals surface area contributed by atoms with Gasteiger partial charge in [0.05, 0.1) is 25.6 Å². The van der Waals surface area contributed by atoms with E-state index in [1.54, 1.807) is 13.2 Å². The molecule has 1 fully saturated rings. The third-order valence-electron chi connectivity index (χ3n) is 4.48. The fourth-order valence-electron chi connectivity index (χ4n) is 2.93. The Balaban J connectivity index is 1.38. The maximum Gasteiger partial charge on any atom is 0.249 e. The summed E-state index contributed by atoms with van der Waals surface area (Å²) in [7, 11) is 0. The topological polar surface area (TPSA) is 69.9 Å². The van der Waals surface area contributed by atoms with Gasteiger partial charge in [-0.05, 0) is 43.0 Å². The van der Waals surface area contributed by atoms with Crippen LogP contribution in [-0.4, -0.2) is 31.3 Å². The van der Waals surface area contributed by atoms with Gasteiger partial charge in [0, 0.05) is 13.2 Å². The summed E-state index contributed by atoms with van der Waals surface area (Å²) in [5.41, 5.74) is 2.07. The van der Waals surface area contributed by atoms with E-state index in [9.17, 15) is 4.79 Å². The first-order chi connectivity index (χ1) is 13.2. The summed E-state index contributed by atoms with van der Waals surface area (Å²) in [6.45, 7) is 4.41. The highest BCUT2D eigenvalue weighted by Crippen LogP contribution is 2.13. The lowest BCUT2D eigenvalue weighted by molar-refractivity contribution is -0.133. The van der Waals surface area contributed by atoms with Crippen LogP contribution in [-0.2, 0) is 38.8 Å². The van der Waals surface area contributed by atoms with E-state index >= 15 is 0 Å². The molecule has 1 aromatic heterocycles. The van der Waals surface area contributed by atoms with Crippen LogP contribution in [0.1, 0.15) is 36.7 Å². The highest BCUT2D eigenvalue weighted by molar-refractivity contribution is 5.80. The molecule has 2 heterocycles. The molecule has 6 nitrogen and oxygen atoms in total. The average Bonchev–Trinajstić information content (AvgIpc) is 3.38. The molecule has 2 unspecified atom stereocenters. The number of ether oxygens (including phenoxy) is 3. The number of hydrogen-bond acceptors (Lipinski definition) is 5. The zero-order valence-corrected chi connectivity index (χ0v) is 15.7. The van der Waals surface area contributed by atoms with Crippen LogP contribution in [0.3, 0.4) is 0 Å². The first-order valence-electron chi connectivity index (χ1n) is 9.39. The van der Waals surface area contributed by atoms with Gasteiger partial charge in [-0.3, -0.25) is 4.79 Å². The fraction of sp³-hybridized carbons (Fsp3) is 0.476. The Morgan fingerprint density at radius 1 is 1.26 bits per heavy atom. The Kier molecular flexibility index (Phi) is 7.45. The number of rotatable bonds is 10. The lowest BCUT2D eigenvalue weighted by Crippen LogP contribution is -2.35. The second-order valence-electron chi connectivity index (χ2n) is 6.72. The van der Waals surface area contributed by atoms with Gasteiger partial charge in [0.15, 0.2) is 0 Å². The molecule has 1 aromatic carbocycles. The van der Waals surface area contributed by atoms with Crippen molar-refractivity contribution in [1.29, 1.82) is 0 Å². The second kappa shape index (κ2) is 10.3. The Morgan fingerprint density at radius 3 is 2.93 bits per heavy atom. The molecule has 0 aliphatic carbocycles. The van der Waals surface area contributed by atoms with E-state index in [0.29, 0.717) is 26.4 Å². The van der Waals surface area contributed by atoms with Gasteiger partial charge in [-0.15, -0.1) is 0 Å². The molecule has 1 aliphatic rings. The van der Waals surface area contributed by atoms with Gasteiger partial charge in [-0.25, -0.2) is 0 Å². The van der Waals surface area contributed by atoms with Crippen LogP contribution < -0.4 is 5.32 Å². The molecule has 27 heavy (non-hydrogen) atoms. The van der Waals surface area contributed by atoms with Crippen LogP contribution in [0, 0.1) is 0 Å². The summed E-state index contributed by atoms with van der Waals surface area (Å²) in [5, 5.41) is 2.92. The van der Waals surface area contributed by atoms with Crippen molar-refractivity contribution in [2.75, 3.05) is 13.2 Å². The smallest absolute Gasteiger partial charge is 0.249 e. The predicted molar refractivity (Wildman–Crippen MR) is 99.9 cm³/mol. The molecular weight excluding hydrogens is 346 g/mol. The Labute approximate surface area is 159 Å². The van der Waals surface area contributed by atoms with Crippen molar-refractivity contribution in [2.24, 2.45) is 0 Å². The van der Waals surface area contributed by atoms with Crippen molar-refractivity contribution in [3.8, 4) is 0 Å². The van der Waals surface area contributed by atoms with E-state index in [0.717, 1.165) is 36.3 Å². The van der Waals surface area contributed by atoms with Crippen molar-refractivity contribution in [3.63, 3.8) is 0 Å². The van der Waals surface area contributed by atoms with Gasteiger partial charge < -0.3 is 23.9 Å². The van der Waals surface area contributed by atoms with Gasteiger partial charge in [0.1, 0.15) is 18.5 Å². The first kappa shape index (κ1) is 19.6. The molecule has 1 saturated heterocycles. The largest absolute Gasteiger partial charge is 0.467 e. The normalized spacial score (nSPS) is 17.7. The van der Waals surface area contributed by atoms with Gasteiger partial charge in [-0.2, -0.15) is 0 Å². The Morgan fingerprint density at radius 2 is 2.15 bits per heavy atom. The minimum atomic E-state index is -0.492. The highest BCUT2D eigenvalue weighted by atomic mass is 16.5. The number of carbonyl (C=O) groups is 1. The van der Waals surface area contributed by atoms with Crippen molar-refractivity contribution < 1.29 is 23.4 Å². The minimum absolute atomic E-state index is 0.118. The Hall–Kier alpha value is -2.15. The molecule has 2 atom stereocenters. The monoisotopic (exact) mass is 373 g/mol. The van der Waals surface area contributed by atoms with Crippen LogP contribution in [0.2, 0.25) is 0 Å². The summed E-state index contributed by atoms with van der Waals surface area (Å²) in [5.74, 6) is 0.683. The molecular formula is C21H27NO5. The van der Waals surface area contributed by atoms with E-state index < -0.39 is 6.10 Å². The van der Waals surface area contributed by atoms with E-state index in [1.165, 1.54) is 0 Å². The molecule has 1 N–H and O–H groups in total. The quantitative estimate of drug-likeness (QED) is 0.693. The van der Waals surface area contributed by atoms with Crippen LogP contribution in [0.15, 0.2) is 47.1 Å². The number of carbonyl (C=O) groups excluding carboxylic acids is 1. The van der Waals surface area contributed by atoms with Gasteiger partial charge in [-0.1, -0.05) is 24.3 Å². The van der Waals surface area contributed by atoms with E-state index in [1.807, 2.05) is 36.4 Å². The molecule has 0 spiro atoms. The van der Waals surface area contributed by atoms with Crippen molar-refractivity contribution >= 4 is 5.91 Å². The maximum absolute atomic E-state index is 12.2. The van der Waals surface area contributed by atoms with E-state index in [2.05, 4.69) is 5.32 Å². The number of amides is 1. The molecule has 0 saturated carbocycles. The predicted octanol–water partition coefficient (Wildman–Crippen LogP) is 3.20. The van der Waals surface area contributed by atoms with Crippen LogP contribution in [0.25, 0.3) is 0 Å². The average molecular weight is 373 g/mol. The third kappa shape index (κ3) is 6.50. The standard InChI is InChI=1S/C21H27NO5/c1-16(27-15-20-8-4-10-26-20)21(23)22-12-17-5-2-6-18(11-17)13-24-14-19-7-3-9-25-19/h2-3,5-7,9,11,16,20H,4,8,10,12-15H2,1H3,(H,22,23). The molecule has 3 rings (SSSR count). The summed E-state index contributed by atoms with van der Waals surface area (Å²) in [4.78, 5) is 12.2. The lowest BCUT2D eigenvalue weighted by atomic mass is 10.1. The summed E-state index contributed by atoms with van der Waals surface area (Å²) >= 11 is 0. The van der Waals surface area contributed by atoms with E-state index in [4.69, 9.17) is 18.6 Å². The zero-order valence-electron chi connectivity index (χ0n) is 15.7. The molecule has 2 aromatic rings. The van der Waals surface area contributed by atoms with E-state index in [-0.39, 0.29) is 12.0 Å². The van der Waals surface area contributed by atoms with Gasteiger partial charge in [0.25, 0.3) is 0 Å².